The van der Waals surface area contributed by atoms with Crippen molar-refractivity contribution >= 4 is 23.2 Å². The summed E-state index contributed by atoms with van der Waals surface area (Å²) in [5, 5.41) is 0. The van der Waals surface area contributed by atoms with Crippen molar-refractivity contribution in [3.63, 3.8) is 0 Å². The summed E-state index contributed by atoms with van der Waals surface area (Å²) in [6.45, 7) is 2.09. The first-order valence-corrected chi connectivity index (χ1v) is 7.95. The Hall–Kier alpha value is -3.20. The fourth-order valence-corrected chi connectivity index (χ4v) is 2.83. The second kappa shape index (κ2) is 6.13. The average molecular weight is 311 g/mol. The van der Waals surface area contributed by atoms with E-state index in [9.17, 15) is 0 Å². The fraction of sp³-hybridized carbons (Fsp3) is 0.0476. The third-order valence-corrected chi connectivity index (χ3v) is 4.02. The van der Waals surface area contributed by atoms with Crippen LogP contribution in [0.25, 0.3) is 29.0 Å². The smallest absolute Gasteiger partial charge is 0.139 e. The summed E-state index contributed by atoms with van der Waals surface area (Å²) in [6, 6.07) is 22.4. The van der Waals surface area contributed by atoms with Gasteiger partial charge in [0.15, 0.2) is 0 Å². The van der Waals surface area contributed by atoms with Gasteiger partial charge in [-0.2, -0.15) is 0 Å². The van der Waals surface area contributed by atoms with Gasteiger partial charge in [-0.3, -0.25) is 4.57 Å². The monoisotopic (exact) mass is 311 g/mol. The van der Waals surface area contributed by atoms with Crippen molar-refractivity contribution in [2.24, 2.45) is 0 Å². The van der Waals surface area contributed by atoms with Gasteiger partial charge in [0.1, 0.15) is 11.6 Å². The molecule has 0 N–H and O–H groups in total. The zero-order chi connectivity index (χ0) is 16.4. The molecule has 0 radical (unpaired) electrons. The van der Waals surface area contributed by atoms with Crippen molar-refractivity contribution < 1.29 is 0 Å². The number of nitrogens with zero attached hydrogens (tertiary/aromatic N) is 3. The molecule has 4 aromatic rings. The number of aryl methyl sites for hydroxylation is 1. The first-order chi connectivity index (χ1) is 11.8. The van der Waals surface area contributed by atoms with E-state index in [4.69, 9.17) is 4.98 Å². The highest BCUT2D eigenvalue weighted by molar-refractivity contribution is 5.84. The lowest BCUT2D eigenvalue weighted by Gasteiger charge is -2.05. The SMILES string of the molecule is Cc1cccc2c1nc(C=Cc1ccccc1)n2-c1ccccn1. The van der Waals surface area contributed by atoms with E-state index in [-0.39, 0.29) is 0 Å². The van der Waals surface area contributed by atoms with Crippen LogP contribution in [0.1, 0.15) is 17.0 Å². The van der Waals surface area contributed by atoms with Crippen molar-refractivity contribution in [1.29, 1.82) is 0 Å². The van der Waals surface area contributed by atoms with E-state index in [1.54, 1.807) is 0 Å². The minimum absolute atomic E-state index is 0.873. The zero-order valence-corrected chi connectivity index (χ0v) is 13.4. The molecular weight excluding hydrogens is 294 g/mol. The first-order valence-electron chi connectivity index (χ1n) is 7.95. The molecule has 0 amide bonds. The molecule has 24 heavy (non-hydrogen) atoms. The Morgan fingerprint density at radius 3 is 2.46 bits per heavy atom. The minimum Gasteiger partial charge on any atom is -0.277 e. The highest BCUT2D eigenvalue weighted by Crippen LogP contribution is 2.24. The Balaban J connectivity index is 1.91. The number of imidazole rings is 1. The molecule has 0 fully saturated rings. The van der Waals surface area contributed by atoms with Crippen molar-refractivity contribution in [2.75, 3.05) is 0 Å². The summed E-state index contributed by atoms with van der Waals surface area (Å²) >= 11 is 0. The van der Waals surface area contributed by atoms with E-state index in [0.29, 0.717) is 0 Å². The maximum Gasteiger partial charge on any atom is 0.139 e. The van der Waals surface area contributed by atoms with Gasteiger partial charge in [-0.15, -0.1) is 0 Å². The maximum atomic E-state index is 4.84. The molecule has 0 bridgehead atoms. The molecule has 2 aromatic heterocycles. The van der Waals surface area contributed by atoms with Crippen molar-refractivity contribution in [1.82, 2.24) is 14.5 Å². The molecule has 3 heteroatoms. The topological polar surface area (TPSA) is 30.7 Å². The molecule has 0 unspecified atom stereocenters. The van der Waals surface area contributed by atoms with E-state index in [1.165, 1.54) is 0 Å². The van der Waals surface area contributed by atoms with Crippen LogP contribution in [0.15, 0.2) is 72.9 Å². The maximum absolute atomic E-state index is 4.84. The van der Waals surface area contributed by atoms with Gasteiger partial charge in [0.05, 0.1) is 11.0 Å². The number of hydrogen-bond acceptors (Lipinski definition) is 2. The molecule has 116 valence electrons. The number of para-hydroxylation sites is 1. The Bertz CT molecular complexity index is 999. The first kappa shape index (κ1) is 14.4. The van der Waals surface area contributed by atoms with Gasteiger partial charge in [0.25, 0.3) is 0 Å². The van der Waals surface area contributed by atoms with Crippen LogP contribution in [0.5, 0.6) is 0 Å². The Kier molecular flexibility index (Phi) is 3.67. The van der Waals surface area contributed by atoms with Gasteiger partial charge in [0, 0.05) is 6.20 Å². The second-order valence-corrected chi connectivity index (χ2v) is 5.68. The molecule has 3 nitrogen and oxygen atoms in total. The Morgan fingerprint density at radius 2 is 1.67 bits per heavy atom. The van der Waals surface area contributed by atoms with Gasteiger partial charge in [0.2, 0.25) is 0 Å². The quantitative estimate of drug-likeness (QED) is 0.539. The van der Waals surface area contributed by atoms with Crippen LogP contribution >= 0.6 is 0 Å². The lowest BCUT2D eigenvalue weighted by atomic mass is 10.2. The molecule has 0 atom stereocenters. The van der Waals surface area contributed by atoms with Gasteiger partial charge in [-0.25, -0.2) is 9.97 Å². The van der Waals surface area contributed by atoms with E-state index in [1.807, 2.05) is 48.7 Å². The number of pyridine rings is 1. The van der Waals surface area contributed by atoms with Crippen LogP contribution < -0.4 is 0 Å². The lowest BCUT2D eigenvalue weighted by molar-refractivity contribution is 1.01. The molecule has 0 saturated heterocycles. The standard InChI is InChI=1S/C21H17N3/c1-16-8-7-11-18-21(16)23-20(14-13-17-9-3-2-4-10-17)24(18)19-12-5-6-15-22-19/h2-15H,1H3. The number of rotatable bonds is 3. The number of benzene rings is 2. The van der Waals surface area contributed by atoms with E-state index < -0.39 is 0 Å². The van der Waals surface area contributed by atoms with Crippen LogP contribution in [0.4, 0.5) is 0 Å². The number of hydrogen-bond donors (Lipinski definition) is 0. The van der Waals surface area contributed by atoms with Crippen LogP contribution in [-0.4, -0.2) is 14.5 Å². The van der Waals surface area contributed by atoms with Gasteiger partial charge in [-0.1, -0.05) is 54.6 Å². The molecule has 0 aliphatic rings. The van der Waals surface area contributed by atoms with Crippen molar-refractivity contribution in [3.05, 3.63) is 89.9 Å². The molecule has 0 spiro atoms. The molecule has 0 aliphatic heterocycles. The molecule has 0 saturated carbocycles. The highest BCUT2D eigenvalue weighted by atomic mass is 15.1. The van der Waals surface area contributed by atoms with Crippen LogP contribution in [0, 0.1) is 6.92 Å². The molecule has 0 aliphatic carbocycles. The zero-order valence-electron chi connectivity index (χ0n) is 13.4. The van der Waals surface area contributed by atoms with Crippen molar-refractivity contribution in [2.45, 2.75) is 6.92 Å². The van der Waals surface area contributed by atoms with Crippen LogP contribution in [0.2, 0.25) is 0 Å². The van der Waals surface area contributed by atoms with Crippen LogP contribution in [0.3, 0.4) is 0 Å². The Labute approximate surface area is 140 Å². The normalized spacial score (nSPS) is 11.4. The summed E-state index contributed by atoms with van der Waals surface area (Å²) in [4.78, 5) is 9.35. The largest absolute Gasteiger partial charge is 0.277 e. The van der Waals surface area contributed by atoms with E-state index in [0.717, 1.165) is 33.8 Å². The number of fused-ring (bicyclic) bond motifs is 1. The predicted molar refractivity (Wildman–Crippen MR) is 99.0 cm³/mol. The second-order valence-electron chi connectivity index (χ2n) is 5.68. The average Bonchev–Trinajstić information content (AvgIpc) is 3.01. The summed E-state index contributed by atoms with van der Waals surface area (Å²) in [5.74, 6) is 1.75. The summed E-state index contributed by atoms with van der Waals surface area (Å²) in [5.41, 5.74) is 4.39. The van der Waals surface area contributed by atoms with Gasteiger partial charge in [-0.05, 0) is 42.3 Å². The molecule has 2 heterocycles. The molecule has 4 rings (SSSR count). The van der Waals surface area contributed by atoms with E-state index in [2.05, 4.69) is 52.9 Å². The third kappa shape index (κ3) is 2.61. The third-order valence-electron chi connectivity index (χ3n) is 4.02. The van der Waals surface area contributed by atoms with Gasteiger partial charge < -0.3 is 0 Å². The summed E-state index contributed by atoms with van der Waals surface area (Å²) < 4.78 is 2.10. The lowest BCUT2D eigenvalue weighted by Crippen LogP contribution is -1.99. The fourth-order valence-electron chi connectivity index (χ4n) is 2.83. The van der Waals surface area contributed by atoms with Crippen molar-refractivity contribution in [3.8, 4) is 5.82 Å². The van der Waals surface area contributed by atoms with Crippen LogP contribution in [-0.2, 0) is 0 Å². The molecular formula is C21H17N3. The minimum atomic E-state index is 0.873. The summed E-state index contributed by atoms with van der Waals surface area (Å²) in [7, 11) is 0. The van der Waals surface area contributed by atoms with E-state index >= 15 is 0 Å². The van der Waals surface area contributed by atoms with Gasteiger partial charge >= 0.3 is 0 Å². The number of aromatic nitrogens is 3. The Morgan fingerprint density at radius 1 is 0.833 bits per heavy atom. The molecule has 2 aromatic carbocycles. The highest BCUT2D eigenvalue weighted by Gasteiger charge is 2.12. The predicted octanol–water partition coefficient (Wildman–Crippen LogP) is 4.90. The summed E-state index contributed by atoms with van der Waals surface area (Å²) in [6.07, 6.45) is 5.93.